The monoisotopic (exact) mass is 249 g/mol. The number of aromatic nitrogens is 2. The second-order valence-electron chi connectivity index (χ2n) is 5.24. The first-order valence-corrected chi connectivity index (χ1v) is 6.64. The van der Waals surface area contributed by atoms with E-state index in [-0.39, 0.29) is 0 Å². The van der Waals surface area contributed by atoms with E-state index in [2.05, 4.69) is 15.3 Å². The SMILES string of the molecule is O[C@@]1(CNc2ncnc3c2CCCC3)CCOC1. The third-order valence-corrected chi connectivity index (χ3v) is 3.79. The van der Waals surface area contributed by atoms with Crippen LogP contribution in [0.4, 0.5) is 5.82 Å². The molecule has 2 aliphatic rings. The lowest BCUT2D eigenvalue weighted by atomic mass is 9.96. The van der Waals surface area contributed by atoms with Gasteiger partial charge < -0.3 is 15.2 Å². The van der Waals surface area contributed by atoms with Crippen LogP contribution in [0.5, 0.6) is 0 Å². The zero-order valence-corrected chi connectivity index (χ0v) is 10.5. The van der Waals surface area contributed by atoms with Crippen molar-refractivity contribution in [3.63, 3.8) is 0 Å². The number of nitrogens with zero attached hydrogens (tertiary/aromatic N) is 2. The molecule has 1 saturated heterocycles. The number of anilines is 1. The highest BCUT2D eigenvalue weighted by Crippen LogP contribution is 2.25. The van der Waals surface area contributed by atoms with Gasteiger partial charge in [-0.3, -0.25) is 0 Å². The Balaban J connectivity index is 1.72. The van der Waals surface area contributed by atoms with Gasteiger partial charge in [0.25, 0.3) is 0 Å². The first kappa shape index (κ1) is 11.9. The van der Waals surface area contributed by atoms with Crippen LogP contribution in [0.15, 0.2) is 6.33 Å². The zero-order chi connectivity index (χ0) is 12.4. The van der Waals surface area contributed by atoms with Gasteiger partial charge in [0.1, 0.15) is 17.7 Å². The molecule has 1 fully saturated rings. The number of nitrogens with one attached hydrogen (secondary N) is 1. The van der Waals surface area contributed by atoms with Crippen molar-refractivity contribution in [2.45, 2.75) is 37.7 Å². The summed E-state index contributed by atoms with van der Waals surface area (Å²) in [6, 6.07) is 0. The van der Waals surface area contributed by atoms with Crippen molar-refractivity contribution in [3.05, 3.63) is 17.6 Å². The van der Waals surface area contributed by atoms with Gasteiger partial charge in [-0.15, -0.1) is 0 Å². The average molecular weight is 249 g/mol. The predicted octanol–water partition coefficient (Wildman–Crippen LogP) is 0.919. The van der Waals surface area contributed by atoms with Crippen LogP contribution in [-0.2, 0) is 17.6 Å². The smallest absolute Gasteiger partial charge is 0.132 e. The van der Waals surface area contributed by atoms with Gasteiger partial charge in [0.2, 0.25) is 0 Å². The lowest BCUT2D eigenvalue weighted by Gasteiger charge is -2.23. The fourth-order valence-electron chi connectivity index (χ4n) is 2.66. The molecule has 1 atom stereocenters. The van der Waals surface area contributed by atoms with Gasteiger partial charge in [0.05, 0.1) is 6.61 Å². The van der Waals surface area contributed by atoms with Crippen molar-refractivity contribution >= 4 is 5.82 Å². The number of aliphatic hydroxyl groups is 1. The first-order valence-electron chi connectivity index (χ1n) is 6.64. The van der Waals surface area contributed by atoms with Crippen LogP contribution in [0.1, 0.15) is 30.5 Å². The molecule has 0 radical (unpaired) electrons. The van der Waals surface area contributed by atoms with Crippen LogP contribution < -0.4 is 5.32 Å². The molecule has 5 heteroatoms. The second kappa shape index (κ2) is 4.82. The molecule has 0 bridgehead atoms. The lowest BCUT2D eigenvalue weighted by molar-refractivity contribution is 0.0381. The first-order chi connectivity index (χ1) is 8.77. The summed E-state index contributed by atoms with van der Waals surface area (Å²) >= 11 is 0. The maximum absolute atomic E-state index is 10.2. The Morgan fingerprint density at radius 1 is 1.33 bits per heavy atom. The summed E-state index contributed by atoms with van der Waals surface area (Å²) in [5.74, 6) is 0.889. The van der Waals surface area contributed by atoms with Gasteiger partial charge in [-0.05, 0) is 25.7 Å². The van der Waals surface area contributed by atoms with Crippen LogP contribution >= 0.6 is 0 Å². The van der Waals surface area contributed by atoms with Gasteiger partial charge in [-0.1, -0.05) is 0 Å². The van der Waals surface area contributed by atoms with Crippen molar-refractivity contribution in [1.29, 1.82) is 0 Å². The molecule has 0 unspecified atom stereocenters. The minimum Gasteiger partial charge on any atom is -0.386 e. The fraction of sp³-hybridized carbons (Fsp3) is 0.692. The number of hydrogen-bond donors (Lipinski definition) is 2. The van der Waals surface area contributed by atoms with E-state index >= 15 is 0 Å². The van der Waals surface area contributed by atoms with Gasteiger partial charge in [-0.25, -0.2) is 9.97 Å². The number of aryl methyl sites for hydroxylation is 1. The van der Waals surface area contributed by atoms with E-state index in [1.165, 1.54) is 18.4 Å². The highest BCUT2D eigenvalue weighted by molar-refractivity contribution is 5.47. The Hall–Kier alpha value is -1.20. The Morgan fingerprint density at radius 3 is 3.06 bits per heavy atom. The number of fused-ring (bicyclic) bond motifs is 1. The molecule has 1 aliphatic carbocycles. The molecule has 3 rings (SSSR count). The van der Waals surface area contributed by atoms with Gasteiger partial charge in [0, 0.05) is 30.8 Å². The lowest BCUT2D eigenvalue weighted by Crippen LogP contribution is -2.37. The van der Waals surface area contributed by atoms with Crippen molar-refractivity contribution in [3.8, 4) is 0 Å². The zero-order valence-electron chi connectivity index (χ0n) is 10.5. The van der Waals surface area contributed by atoms with E-state index in [4.69, 9.17) is 4.74 Å². The molecule has 18 heavy (non-hydrogen) atoms. The number of rotatable bonds is 3. The fourth-order valence-corrected chi connectivity index (χ4v) is 2.66. The molecule has 0 aromatic carbocycles. The number of hydrogen-bond acceptors (Lipinski definition) is 5. The Morgan fingerprint density at radius 2 is 2.22 bits per heavy atom. The summed E-state index contributed by atoms with van der Waals surface area (Å²) in [5.41, 5.74) is 1.65. The van der Waals surface area contributed by atoms with Crippen molar-refractivity contribution < 1.29 is 9.84 Å². The largest absolute Gasteiger partial charge is 0.386 e. The summed E-state index contributed by atoms with van der Waals surface area (Å²) in [7, 11) is 0. The third kappa shape index (κ3) is 2.33. The molecule has 1 aromatic heterocycles. The molecule has 2 N–H and O–H groups in total. The van der Waals surface area contributed by atoms with E-state index in [1.54, 1.807) is 6.33 Å². The molecule has 0 saturated carbocycles. The minimum atomic E-state index is -0.744. The maximum atomic E-state index is 10.2. The van der Waals surface area contributed by atoms with Gasteiger partial charge in [-0.2, -0.15) is 0 Å². The summed E-state index contributed by atoms with van der Waals surface area (Å²) in [5, 5.41) is 13.5. The standard InChI is InChI=1S/C13H19N3O2/c17-13(5-6-18-8-13)7-14-12-10-3-1-2-4-11(10)15-9-16-12/h9,17H,1-8H2,(H,14,15,16)/t13-/m1/s1. The van der Waals surface area contributed by atoms with E-state index in [0.717, 1.165) is 24.4 Å². The molecule has 98 valence electrons. The number of ether oxygens (including phenoxy) is 1. The average Bonchev–Trinajstić information content (AvgIpc) is 2.84. The van der Waals surface area contributed by atoms with Crippen molar-refractivity contribution in [2.75, 3.05) is 25.1 Å². The highest BCUT2D eigenvalue weighted by atomic mass is 16.5. The van der Waals surface area contributed by atoms with Crippen LogP contribution in [0.25, 0.3) is 0 Å². The van der Waals surface area contributed by atoms with Gasteiger partial charge in [0.15, 0.2) is 0 Å². The topological polar surface area (TPSA) is 67.3 Å². The molecule has 0 amide bonds. The Labute approximate surface area is 107 Å². The summed E-state index contributed by atoms with van der Waals surface area (Å²) in [6.45, 7) is 1.55. The quantitative estimate of drug-likeness (QED) is 0.833. The van der Waals surface area contributed by atoms with Crippen molar-refractivity contribution in [2.24, 2.45) is 0 Å². The minimum absolute atomic E-state index is 0.410. The normalized spacial score (nSPS) is 26.9. The highest BCUT2D eigenvalue weighted by Gasteiger charge is 2.32. The molecular formula is C13H19N3O2. The van der Waals surface area contributed by atoms with Crippen LogP contribution in [-0.4, -0.2) is 40.4 Å². The van der Waals surface area contributed by atoms with Crippen LogP contribution in [0, 0.1) is 0 Å². The predicted molar refractivity (Wildman–Crippen MR) is 67.5 cm³/mol. The van der Waals surface area contributed by atoms with E-state index in [1.807, 2.05) is 0 Å². The van der Waals surface area contributed by atoms with Crippen LogP contribution in [0.2, 0.25) is 0 Å². The van der Waals surface area contributed by atoms with E-state index in [0.29, 0.717) is 26.2 Å². The second-order valence-corrected chi connectivity index (χ2v) is 5.24. The van der Waals surface area contributed by atoms with Crippen LogP contribution in [0.3, 0.4) is 0 Å². The summed E-state index contributed by atoms with van der Waals surface area (Å²) in [6.07, 6.45) is 6.78. The molecule has 0 spiro atoms. The molecule has 1 aliphatic heterocycles. The van der Waals surface area contributed by atoms with E-state index < -0.39 is 5.60 Å². The molecule has 2 heterocycles. The Bertz CT molecular complexity index is 430. The summed E-state index contributed by atoms with van der Waals surface area (Å²) < 4.78 is 5.24. The van der Waals surface area contributed by atoms with E-state index in [9.17, 15) is 5.11 Å². The van der Waals surface area contributed by atoms with Crippen molar-refractivity contribution in [1.82, 2.24) is 9.97 Å². The molecule has 1 aromatic rings. The molecular weight excluding hydrogens is 230 g/mol. The summed E-state index contributed by atoms with van der Waals surface area (Å²) in [4.78, 5) is 8.65. The maximum Gasteiger partial charge on any atom is 0.132 e. The van der Waals surface area contributed by atoms with Gasteiger partial charge >= 0.3 is 0 Å². The Kier molecular flexibility index (Phi) is 3.18. The third-order valence-electron chi connectivity index (χ3n) is 3.79. The molecule has 5 nitrogen and oxygen atoms in total.